The molecule has 0 spiro atoms. The first-order valence-corrected chi connectivity index (χ1v) is 9.76. The highest BCUT2D eigenvalue weighted by Gasteiger charge is 2.35. The Morgan fingerprint density at radius 1 is 1.19 bits per heavy atom. The van der Waals surface area contributed by atoms with E-state index in [1.54, 1.807) is 12.1 Å². The number of hydrogen-bond acceptors (Lipinski definition) is 6. The average molecular weight is 437 g/mol. The van der Waals surface area contributed by atoms with E-state index >= 15 is 0 Å². The van der Waals surface area contributed by atoms with Gasteiger partial charge in [0, 0.05) is 12.1 Å². The minimum Gasteiger partial charge on any atom is -0.495 e. The molecule has 10 heteroatoms. The van der Waals surface area contributed by atoms with Crippen LogP contribution in [0.15, 0.2) is 47.3 Å². The molecule has 32 heavy (non-hydrogen) atoms. The zero-order valence-electron chi connectivity index (χ0n) is 17.3. The number of aromatic amines is 1. The van der Waals surface area contributed by atoms with Crippen molar-refractivity contribution in [1.82, 2.24) is 9.97 Å². The minimum atomic E-state index is -1.04. The Bertz CT molecular complexity index is 1260. The van der Waals surface area contributed by atoms with Crippen LogP contribution in [0, 0.1) is 12.7 Å². The van der Waals surface area contributed by atoms with Crippen molar-refractivity contribution in [3.05, 3.63) is 69.8 Å². The number of ether oxygens (including phenoxy) is 1. The van der Waals surface area contributed by atoms with Crippen LogP contribution in [0.25, 0.3) is 0 Å². The van der Waals surface area contributed by atoms with Crippen molar-refractivity contribution in [2.75, 3.05) is 23.1 Å². The van der Waals surface area contributed by atoms with Gasteiger partial charge in [0.05, 0.1) is 24.3 Å². The average Bonchev–Trinajstić information content (AvgIpc) is 2.74. The van der Waals surface area contributed by atoms with Gasteiger partial charge in [0.2, 0.25) is 17.8 Å². The standard InChI is InChI=1S/C22H20FN5O4/c1-11-3-8-16(32-2)15(9-11)25-20(30)14-10-17(29)26-19-18(14)21(31)28-22(27-19)24-13-6-4-12(23)5-7-13/h3-9,14H,10H2,1-2H3,(H,25,30)(H3,24,26,27,28,29,31)/t14-/m0/s1. The van der Waals surface area contributed by atoms with E-state index in [1.807, 2.05) is 13.0 Å². The predicted molar refractivity (Wildman–Crippen MR) is 117 cm³/mol. The molecule has 0 bridgehead atoms. The fourth-order valence-corrected chi connectivity index (χ4v) is 3.46. The molecule has 9 nitrogen and oxygen atoms in total. The molecule has 0 saturated carbocycles. The molecule has 1 aliphatic heterocycles. The van der Waals surface area contributed by atoms with Crippen molar-refractivity contribution < 1.29 is 18.7 Å². The van der Waals surface area contributed by atoms with Gasteiger partial charge >= 0.3 is 0 Å². The number of carbonyl (C=O) groups is 2. The number of hydrogen-bond donors (Lipinski definition) is 4. The Kier molecular flexibility index (Phi) is 5.59. The van der Waals surface area contributed by atoms with E-state index in [-0.39, 0.29) is 23.8 Å². The summed E-state index contributed by atoms with van der Waals surface area (Å²) in [5, 5.41) is 8.13. The maximum atomic E-state index is 13.1. The molecule has 1 atom stereocenters. The van der Waals surface area contributed by atoms with Crippen molar-refractivity contribution >= 4 is 35.0 Å². The summed E-state index contributed by atoms with van der Waals surface area (Å²) in [5.74, 6) is -1.94. The van der Waals surface area contributed by atoms with Gasteiger partial charge in [-0.3, -0.25) is 19.4 Å². The Labute approximate surface area is 182 Å². The molecular weight excluding hydrogens is 417 g/mol. The maximum Gasteiger partial charge on any atom is 0.258 e. The Balaban J connectivity index is 1.65. The van der Waals surface area contributed by atoms with E-state index < -0.39 is 29.1 Å². The molecule has 1 aromatic heterocycles. The number of halogens is 1. The Morgan fingerprint density at radius 3 is 2.66 bits per heavy atom. The number of anilines is 4. The van der Waals surface area contributed by atoms with E-state index in [0.717, 1.165) is 5.56 Å². The number of fused-ring (bicyclic) bond motifs is 1. The zero-order chi connectivity index (χ0) is 22.8. The van der Waals surface area contributed by atoms with E-state index in [2.05, 4.69) is 25.9 Å². The van der Waals surface area contributed by atoms with Gasteiger partial charge in [0.1, 0.15) is 17.4 Å². The van der Waals surface area contributed by atoms with E-state index in [9.17, 15) is 18.8 Å². The number of aryl methyl sites for hydroxylation is 1. The number of nitrogens with one attached hydrogen (secondary N) is 4. The topological polar surface area (TPSA) is 125 Å². The number of H-pyrrole nitrogens is 1. The van der Waals surface area contributed by atoms with Gasteiger partial charge in [-0.1, -0.05) is 6.07 Å². The van der Waals surface area contributed by atoms with Crippen LogP contribution in [0.2, 0.25) is 0 Å². The highest BCUT2D eigenvalue weighted by Crippen LogP contribution is 2.32. The van der Waals surface area contributed by atoms with Crippen LogP contribution in [0.1, 0.15) is 23.5 Å². The minimum absolute atomic E-state index is 0.00836. The largest absolute Gasteiger partial charge is 0.495 e. The Hall–Kier alpha value is -4.21. The molecule has 164 valence electrons. The van der Waals surface area contributed by atoms with Gasteiger partial charge in [-0.2, -0.15) is 4.98 Å². The third kappa shape index (κ3) is 4.29. The smallest absolute Gasteiger partial charge is 0.258 e. The number of carbonyl (C=O) groups excluding carboxylic acids is 2. The monoisotopic (exact) mass is 437 g/mol. The summed E-state index contributed by atoms with van der Waals surface area (Å²) in [7, 11) is 1.48. The number of nitrogens with zero attached hydrogens (tertiary/aromatic N) is 1. The lowest BCUT2D eigenvalue weighted by Gasteiger charge is -2.24. The van der Waals surface area contributed by atoms with Crippen LogP contribution in [0.3, 0.4) is 0 Å². The summed E-state index contributed by atoms with van der Waals surface area (Å²) in [6.45, 7) is 1.86. The van der Waals surface area contributed by atoms with Gasteiger partial charge in [-0.05, 0) is 48.9 Å². The molecule has 0 radical (unpaired) electrons. The number of aromatic nitrogens is 2. The van der Waals surface area contributed by atoms with Crippen LogP contribution >= 0.6 is 0 Å². The third-order valence-electron chi connectivity index (χ3n) is 4.99. The normalized spacial score (nSPS) is 14.8. The van der Waals surface area contributed by atoms with Gasteiger partial charge < -0.3 is 20.7 Å². The molecule has 0 fully saturated rings. The van der Waals surface area contributed by atoms with E-state index in [4.69, 9.17) is 4.74 Å². The molecule has 3 aromatic rings. The molecular formula is C22H20FN5O4. The van der Waals surface area contributed by atoms with E-state index in [0.29, 0.717) is 17.1 Å². The highest BCUT2D eigenvalue weighted by molar-refractivity contribution is 6.05. The van der Waals surface area contributed by atoms with Gasteiger partial charge in [-0.25, -0.2) is 4.39 Å². The summed E-state index contributed by atoms with van der Waals surface area (Å²) in [5.41, 5.74) is 1.30. The van der Waals surface area contributed by atoms with Gasteiger partial charge in [-0.15, -0.1) is 0 Å². The molecule has 0 unspecified atom stereocenters. The molecule has 2 amide bonds. The van der Waals surface area contributed by atoms with Crippen molar-refractivity contribution in [3.8, 4) is 5.75 Å². The summed E-state index contributed by atoms with van der Waals surface area (Å²) in [6.07, 6.45) is -0.206. The van der Waals surface area contributed by atoms with Gasteiger partial charge in [0.25, 0.3) is 5.56 Å². The van der Waals surface area contributed by atoms with E-state index in [1.165, 1.54) is 31.4 Å². The molecule has 4 rings (SSSR count). The number of methoxy groups -OCH3 is 1. The predicted octanol–water partition coefficient (Wildman–Crippen LogP) is 3.03. The fraction of sp³-hybridized carbons (Fsp3) is 0.182. The molecule has 0 aliphatic carbocycles. The van der Waals surface area contributed by atoms with Crippen LogP contribution in [0.5, 0.6) is 5.75 Å². The maximum absolute atomic E-state index is 13.1. The van der Waals surface area contributed by atoms with Crippen molar-refractivity contribution in [2.24, 2.45) is 0 Å². The zero-order valence-corrected chi connectivity index (χ0v) is 17.3. The summed E-state index contributed by atoms with van der Waals surface area (Å²) >= 11 is 0. The molecule has 1 aliphatic rings. The molecule has 2 aromatic carbocycles. The van der Waals surface area contributed by atoms with Crippen LogP contribution in [-0.2, 0) is 9.59 Å². The van der Waals surface area contributed by atoms with Crippen molar-refractivity contribution in [2.45, 2.75) is 19.3 Å². The molecule has 2 heterocycles. The summed E-state index contributed by atoms with van der Waals surface area (Å²) < 4.78 is 18.4. The second-order valence-electron chi connectivity index (χ2n) is 7.31. The summed E-state index contributed by atoms with van der Waals surface area (Å²) in [4.78, 5) is 44.9. The molecule has 4 N–H and O–H groups in total. The lowest BCUT2D eigenvalue weighted by Crippen LogP contribution is -2.36. The first kappa shape index (κ1) is 21.0. The Morgan fingerprint density at radius 2 is 1.94 bits per heavy atom. The second kappa shape index (κ2) is 8.50. The van der Waals surface area contributed by atoms with Crippen molar-refractivity contribution in [1.29, 1.82) is 0 Å². The lowest BCUT2D eigenvalue weighted by atomic mass is 9.92. The number of amides is 2. The number of rotatable bonds is 5. The summed E-state index contributed by atoms with van der Waals surface area (Å²) in [6, 6.07) is 10.7. The second-order valence-corrected chi connectivity index (χ2v) is 7.31. The first-order chi connectivity index (χ1) is 15.3. The number of benzene rings is 2. The van der Waals surface area contributed by atoms with Crippen LogP contribution < -0.4 is 26.2 Å². The van der Waals surface area contributed by atoms with Crippen LogP contribution in [-0.4, -0.2) is 28.9 Å². The third-order valence-corrected chi connectivity index (χ3v) is 4.99. The molecule has 0 saturated heterocycles. The fourth-order valence-electron chi connectivity index (χ4n) is 3.46. The highest BCUT2D eigenvalue weighted by atomic mass is 19.1. The van der Waals surface area contributed by atoms with Gasteiger partial charge in [0.15, 0.2) is 0 Å². The van der Waals surface area contributed by atoms with Crippen LogP contribution in [0.4, 0.5) is 27.5 Å². The first-order valence-electron chi connectivity index (χ1n) is 9.76. The lowest BCUT2D eigenvalue weighted by molar-refractivity contribution is -0.123. The SMILES string of the molecule is COc1ccc(C)cc1NC(=O)[C@H]1CC(=O)Nc2nc(Nc3ccc(F)cc3)[nH]c(=O)c21. The van der Waals surface area contributed by atoms with Crippen molar-refractivity contribution in [3.63, 3.8) is 0 Å². The quantitative estimate of drug-likeness (QED) is 0.486.